The van der Waals surface area contributed by atoms with Gasteiger partial charge in [-0.25, -0.2) is 0 Å². The van der Waals surface area contributed by atoms with E-state index in [0.29, 0.717) is 6.04 Å². The molecule has 1 fully saturated rings. The summed E-state index contributed by atoms with van der Waals surface area (Å²) in [6, 6.07) is 17.8. The molecule has 1 saturated carbocycles. The molecule has 0 radical (unpaired) electrons. The van der Waals surface area contributed by atoms with Crippen LogP contribution in [-0.4, -0.2) is 12.6 Å². The van der Waals surface area contributed by atoms with Crippen molar-refractivity contribution in [1.82, 2.24) is 4.72 Å². The van der Waals surface area contributed by atoms with Crippen molar-refractivity contribution >= 4 is 23.3 Å². The number of anilines is 2. The van der Waals surface area contributed by atoms with Gasteiger partial charge in [-0.2, -0.15) is 0 Å². The molecule has 1 aliphatic carbocycles. The van der Waals surface area contributed by atoms with Crippen molar-refractivity contribution in [3.05, 3.63) is 54.1 Å². The predicted octanol–water partition coefficient (Wildman–Crippen LogP) is 4.49. The average Bonchev–Trinajstić information content (AvgIpc) is 3.37. The summed E-state index contributed by atoms with van der Waals surface area (Å²) < 4.78 is 3.31. The van der Waals surface area contributed by atoms with Gasteiger partial charge in [0.1, 0.15) is 0 Å². The fourth-order valence-corrected chi connectivity index (χ4v) is 2.88. The molecule has 0 bridgehead atoms. The van der Waals surface area contributed by atoms with E-state index >= 15 is 0 Å². The van der Waals surface area contributed by atoms with Gasteiger partial charge in [0.25, 0.3) is 0 Å². The Kier molecular flexibility index (Phi) is 5.24. The van der Waals surface area contributed by atoms with Gasteiger partial charge in [0.05, 0.1) is 11.4 Å². The van der Waals surface area contributed by atoms with Crippen molar-refractivity contribution in [1.29, 1.82) is 0 Å². The Morgan fingerprint density at radius 1 is 1.05 bits per heavy atom. The third-order valence-electron chi connectivity index (χ3n) is 3.59. The fourth-order valence-electron chi connectivity index (χ4n) is 2.26. The summed E-state index contributed by atoms with van der Waals surface area (Å²) in [6.45, 7) is 3.92. The van der Waals surface area contributed by atoms with E-state index in [9.17, 15) is 0 Å². The van der Waals surface area contributed by atoms with E-state index in [1.165, 1.54) is 34.7 Å². The summed E-state index contributed by atoms with van der Waals surface area (Å²) in [4.78, 5) is 1.23. The minimum Gasteiger partial charge on any atom is -0.381 e. The Labute approximate surface area is 137 Å². The van der Waals surface area contributed by atoms with E-state index in [-0.39, 0.29) is 0 Å². The van der Waals surface area contributed by atoms with Crippen molar-refractivity contribution in [3.8, 4) is 0 Å². The van der Waals surface area contributed by atoms with Crippen molar-refractivity contribution < 1.29 is 0 Å². The lowest BCUT2D eigenvalue weighted by Gasteiger charge is -2.15. The lowest BCUT2D eigenvalue weighted by atomic mass is 10.2. The largest absolute Gasteiger partial charge is 0.381 e. The van der Waals surface area contributed by atoms with Gasteiger partial charge in [-0.1, -0.05) is 37.3 Å². The standard InChI is InChI=1S/C18H23N3S/c1-2-20-22-16-10-11-17(21-15-8-9-15)18(12-16)19-13-14-6-4-3-5-7-14/h3-7,10-12,15,19-21H,2,8-9,13H2,1H3. The number of nitrogens with one attached hydrogen (secondary N) is 3. The van der Waals surface area contributed by atoms with Crippen molar-refractivity contribution in [3.63, 3.8) is 0 Å². The Morgan fingerprint density at radius 3 is 2.59 bits per heavy atom. The molecule has 0 heterocycles. The second kappa shape index (κ2) is 7.56. The molecule has 3 nitrogen and oxygen atoms in total. The minimum atomic E-state index is 0.657. The van der Waals surface area contributed by atoms with E-state index in [4.69, 9.17) is 0 Å². The number of hydrogen-bond acceptors (Lipinski definition) is 4. The lowest BCUT2D eigenvalue weighted by molar-refractivity contribution is 1.03. The molecule has 22 heavy (non-hydrogen) atoms. The number of benzene rings is 2. The number of rotatable bonds is 8. The molecular weight excluding hydrogens is 290 g/mol. The molecular formula is C18H23N3S. The highest BCUT2D eigenvalue weighted by molar-refractivity contribution is 7.97. The normalized spacial score (nSPS) is 13.9. The minimum absolute atomic E-state index is 0.657. The highest BCUT2D eigenvalue weighted by atomic mass is 32.2. The van der Waals surface area contributed by atoms with Gasteiger partial charge in [-0.3, -0.25) is 4.72 Å². The van der Waals surface area contributed by atoms with Gasteiger partial charge in [-0.15, -0.1) is 0 Å². The highest BCUT2D eigenvalue weighted by Gasteiger charge is 2.21. The van der Waals surface area contributed by atoms with Gasteiger partial charge in [-0.05, 0) is 48.6 Å². The van der Waals surface area contributed by atoms with Gasteiger partial charge in [0.2, 0.25) is 0 Å². The van der Waals surface area contributed by atoms with Crippen LogP contribution in [0.15, 0.2) is 53.4 Å². The van der Waals surface area contributed by atoms with Crippen LogP contribution in [0.25, 0.3) is 0 Å². The van der Waals surface area contributed by atoms with Crippen LogP contribution in [-0.2, 0) is 6.54 Å². The fraction of sp³-hybridized carbons (Fsp3) is 0.333. The van der Waals surface area contributed by atoms with Crippen LogP contribution < -0.4 is 15.4 Å². The van der Waals surface area contributed by atoms with Crippen LogP contribution in [0, 0.1) is 0 Å². The second-order valence-electron chi connectivity index (χ2n) is 5.57. The van der Waals surface area contributed by atoms with Crippen molar-refractivity contribution in [2.45, 2.75) is 37.2 Å². The molecule has 0 saturated heterocycles. The molecule has 1 aliphatic rings. The molecule has 0 unspecified atom stereocenters. The summed E-state index contributed by atoms with van der Waals surface area (Å²) in [6.07, 6.45) is 2.57. The third kappa shape index (κ3) is 4.42. The summed E-state index contributed by atoms with van der Waals surface area (Å²) in [5.41, 5.74) is 3.68. The van der Waals surface area contributed by atoms with E-state index in [2.05, 4.69) is 70.8 Å². The first kappa shape index (κ1) is 15.3. The van der Waals surface area contributed by atoms with E-state index in [1.54, 1.807) is 11.9 Å². The van der Waals surface area contributed by atoms with E-state index in [1.807, 2.05) is 0 Å². The zero-order valence-electron chi connectivity index (χ0n) is 12.9. The first-order valence-electron chi connectivity index (χ1n) is 7.93. The Hall–Kier alpha value is -1.65. The van der Waals surface area contributed by atoms with Crippen LogP contribution in [0.4, 0.5) is 11.4 Å². The van der Waals surface area contributed by atoms with Crippen molar-refractivity contribution in [2.75, 3.05) is 17.2 Å². The Morgan fingerprint density at radius 2 is 1.86 bits per heavy atom. The van der Waals surface area contributed by atoms with Crippen LogP contribution >= 0.6 is 11.9 Å². The number of hydrogen-bond donors (Lipinski definition) is 3. The van der Waals surface area contributed by atoms with E-state index < -0.39 is 0 Å². The zero-order chi connectivity index (χ0) is 15.2. The van der Waals surface area contributed by atoms with Crippen molar-refractivity contribution in [2.24, 2.45) is 0 Å². The van der Waals surface area contributed by atoms with Gasteiger partial charge in [0.15, 0.2) is 0 Å². The second-order valence-corrected chi connectivity index (χ2v) is 6.53. The Balaban J connectivity index is 1.72. The first-order chi connectivity index (χ1) is 10.8. The lowest BCUT2D eigenvalue weighted by Crippen LogP contribution is -2.07. The quantitative estimate of drug-likeness (QED) is 0.628. The molecule has 3 N–H and O–H groups in total. The maximum atomic E-state index is 3.61. The van der Waals surface area contributed by atoms with Crippen LogP contribution in [0.1, 0.15) is 25.3 Å². The average molecular weight is 313 g/mol. The molecule has 2 aromatic rings. The summed E-state index contributed by atoms with van der Waals surface area (Å²) in [7, 11) is 0. The molecule has 0 amide bonds. The Bertz CT molecular complexity index is 597. The molecule has 116 valence electrons. The van der Waals surface area contributed by atoms with Gasteiger partial charge >= 0.3 is 0 Å². The molecule has 0 aliphatic heterocycles. The maximum Gasteiger partial charge on any atom is 0.0590 e. The SMILES string of the molecule is CCNSc1ccc(NC2CC2)c(NCc2ccccc2)c1. The first-order valence-corrected chi connectivity index (χ1v) is 8.75. The summed E-state index contributed by atoms with van der Waals surface area (Å²) >= 11 is 1.68. The summed E-state index contributed by atoms with van der Waals surface area (Å²) in [5.74, 6) is 0. The third-order valence-corrected chi connectivity index (χ3v) is 4.51. The molecule has 3 rings (SSSR count). The molecule has 0 spiro atoms. The zero-order valence-corrected chi connectivity index (χ0v) is 13.7. The predicted molar refractivity (Wildman–Crippen MR) is 96.4 cm³/mol. The highest BCUT2D eigenvalue weighted by Crippen LogP contribution is 2.32. The topological polar surface area (TPSA) is 36.1 Å². The molecule has 0 atom stereocenters. The monoisotopic (exact) mass is 313 g/mol. The van der Waals surface area contributed by atoms with Gasteiger partial charge in [0, 0.05) is 24.0 Å². The summed E-state index contributed by atoms with van der Waals surface area (Å²) in [5, 5.41) is 7.19. The maximum absolute atomic E-state index is 3.61. The van der Waals surface area contributed by atoms with Gasteiger partial charge < -0.3 is 10.6 Å². The molecule has 0 aromatic heterocycles. The van der Waals surface area contributed by atoms with Crippen LogP contribution in [0.3, 0.4) is 0 Å². The van der Waals surface area contributed by atoms with E-state index in [0.717, 1.165) is 13.1 Å². The molecule has 2 aromatic carbocycles. The van der Waals surface area contributed by atoms with Crippen LogP contribution in [0.5, 0.6) is 0 Å². The molecule has 4 heteroatoms. The van der Waals surface area contributed by atoms with Crippen LogP contribution in [0.2, 0.25) is 0 Å². The smallest absolute Gasteiger partial charge is 0.0590 e.